The van der Waals surface area contributed by atoms with Gasteiger partial charge in [0.15, 0.2) is 0 Å². The Bertz CT molecular complexity index is 1280. The Hall–Kier alpha value is -2.84. The van der Waals surface area contributed by atoms with E-state index in [-0.39, 0.29) is 0 Å². The van der Waals surface area contributed by atoms with Crippen molar-refractivity contribution in [3.05, 3.63) is 95.0 Å². The van der Waals surface area contributed by atoms with Gasteiger partial charge >= 0.3 is 0 Å². The normalized spacial score (nSPS) is 11.3. The molecule has 5 rings (SSSR count). The first-order valence-corrected chi connectivity index (χ1v) is 9.77. The van der Waals surface area contributed by atoms with Crippen LogP contribution in [0.1, 0.15) is 5.56 Å². The zero-order chi connectivity index (χ0) is 18.4. The first kappa shape index (κ1) is 16.3. The van der Waals surface area contributed by atoms with Crippen molar-refractivity contribution < 1.29 is 4.42 Å². The molecule has 0 saturated heterocycles. The molecular weight excluding hydrogens is 396 g/mol. The van der Waals surface area contributed by atoms with Crippen LogP contribution in [0.4, 0.5) is 0 Å². The molecule has 0 atom stereocenters. The number of halogens is 1. The van der Waals surface area contributed by atoms with Crippen LogP contribution in [-0.2, 0) is 0 Å². The fourth-order valence-electron chi connectivity index (χ4n) is 3.70. The maximum atomic E-state index is 5.98. The lowest BCUT2D eigenvalue weighted by molar-refractivity contribution is 0.669. The molecule has 0 spiro atoms. The average Bonchev–Trinajstić information content (AvgIpc) is 3.07. The van der Waals surface area contributed by atoms with E-state index < -0.39 is 0 Å². The zero-order valence-corrected chi connectivity index (χ0v) is 16.5. The molecule has 27 heavy (non-hydrogen) atoms. The molecule has 0 aliphatic carbocycles. The van der Waals surface area contributed by atoms with Gasteiger partial charge in [-0.25, -0.2) is 0 Å². The summed E-state index contributed by atoms with van der Waals surface area (Å²) in [6.07, 6.45) is 0. The summed E-state index contributed by atoms with van der Waals surface area (Å²) in [4.78, 5) is 0. The van der Waals surface area contributed by atoms with Crippen LogP contribution in [0, 0.1) is 6.92 Å². The van der Waals surface area contributed by atoms with E-state index in [9.17, 15) is 0 Å². The number of hydrogen-bond donors (Lipinski definition) is 0. The third kappa shape index (κ3) is 2.77. The first-order valence-electron chi connectivity index (χ1n) is 8.98. The summed E-state index contributed by atoms with van der Waals surface area (Å²) in [6.45, 7) is 2.15. The third-order valence-electron chi connectivity index (χ3n) is 5.12. The molecule has 0 bridgehead atoms. The summed E-state index contributed by atoms with van der Waals surface area (Å²) in [5.41, 5.74) is 8.04. The van der Waals surface area contributed by atoms with Crippen molar-refractivity contribution in [2.45, 2.75) is 6.92 Å². The Morgan fingerprint density at radius 2 is 1.41 bits per heavy atom. The standard InChI is InChI=1S/C25H17BrO/c1-16-5-2-3-6-20(16)18-11-9-17(10-12-18)19-13-14-23-21(15-19)25-22(26)7-4-8-24(25)27-23/h2-15H,1H3. The highest BCUT2D eigenvalue weighted by atomic mass is 79.9. The summed E-state index contributed by atoms with van der Waals surface area (Å²) in [7, 11) is 0. The molecule has 0 radical (unpaired) electrons. The SMILES string of the molecule is Cc1ccccc1-c1ccc(-c2ccc3oc4cccc(Br)c4c3c2)cc1. The third-order valence-corrected chi connectivity index (χ3v) is 5.78. The number of benzene rings is 4. The van der Waals surface area contributed by atoms with Crippen LogP contribution in [-0.4, -0.2) is 0 Å². The molecule has 0 aliphatic heterocycles. The van der Waals surface area contributed by atoms with E-state index in [1.54, 1.807) is 0 Å². The van der Waals surface area contributed by atoms with Crippen LogP contribution in [0.25, 0.3) is 44.2 Å². The Balaban J connectivity index is 1.61. The quantitative estimate of drug-likeness (QED) is 0.286. The van der Waals surface area contributed by atoms with Gasteiger partial charge in [-0.3, -0.25) is 0 Å². The highest BCUT2D eigenvalue weighted by Gasteiger charge is 2.11. The predicted molar refractivity (Wildman–Crippen MR) is 117 cm³/mol. The summed E-state index contributed by atoms with van der Waals surface area (Å²) < 4.78 is 7.05. The number of furan rings is 1. The van der Waals surface area contributed by atoms with Crippen molar-refractivity contribution in [1.82, 2.24) is 0 Å². The molecule has 5 aromatic rings. The van der Waals surface area contributed by atoms with Crippen molar-refractivity contribution in [3.63, 3.8) is 0 Å². The molecule has 0 saturated carbocycles. The summed E-state index contributed by atoms with van der Waals surface area (Å²) >= 11 is 3.66. The highest BCUT2D eigenvalue weighted by molar-refractivity contribution is 9.10. The van der Waals surface area contributed by atoms with Crippen molar-refractivity contribution >= 4 is 37.9 Å². The molecule has 2 heteroatoms. The molecule has 130 valence electrons. The second kappa shape index (κ2) is 6.40. The van der Waals surface area contributed by atoms with Gasteiger partial charge in [0.1, 0.15) is 11.2 Å². The van der Waals surface area contributed by atoms with Crippen molar-refractivity contribution in [2.24, 2.45) is 0 Å². The first-order chi connectivity index (χ1) is 13.2. The van der Waals surface area contributed by atoms with Crippen LogP contribution in [0.15, 0.2) is 93.8 Å². The minimum atomic E-state index is 0.909. The molecular formula is C25H17BrO. The van der Waals surface area contributed by atoms with Gasteiger partial charge in [-0.1, -0.05) is 76.6 Å². The summed E-state index contributed by atoms with van der Waals surface area (Å²) in [6, 6.07) is 29.8. The molecule has 0 N–H and O–H groups in total. The molecule has 4 aromatic carbocycles. The number of aryl methyl sites for hydroxylation is 1. The fourth-order valence-corrected chi connectivity index (χ4v) is 4.26. The monoisotopic (exact) mass is 412 g/mol. The van der Waals surface area contributed by atoms with Crippen LogP contribution in [0.3, 0.4) is 0 Å². The molecule has 1 heterocycles. The summed E-state index contributed by atoms with van der Waals surface area (Å²) in [5.74, 6) is 0. The molecule has 0 amide bonds. The number of rotatable bonds is 2. The van der Waals surface area contributed by atoms with Gasteiger partial charge in [-0.15, -0.1) is 0 Å². The van der Waals surface area contributed by atoms with Gasteiger partial charge in [-0.2, -0.15) is 0 Å². The van der Waals surface area contributed by atoms with Gasteiger partial charge < -0.3 is 4.42 Å². The number of fused-ring (bicyclic) bond motifs is 3. The molecule has 0 aliphatic rings. The van der Waals surface area contributed by atoms with Gasteiger partial charge in [0.25, 0.3) is 0 Å². The maximum Gasteiger partial charge on any atom is 0.136 e. The lowest BCUT2D eigenvalue weighted by Crippen LogP contribution is -1.83. The second-order valence-electron chi connectivity index (χ2n) is 6.82. The van der Waals surface area contributed by atoms with Crippen molar-refractivity contribution in [1.29, 1.82) is 0 Å². The Morgan fingerprint density at radius 3 is 2.22 bits per heavy atom. The Morgan fingerprint density at radius 1 is 0.667 bits per heavy atom. The van der Waals surface area contributed by atoms with E-state index in [2.05, 4.69) is 95.7 Å². The molecule has 1 nitrogen and oxygen atoms in total. The van der Waals surface area contributed by atoms with E-state index in [1.165, 1.54) is 27.8 Å². The largest absolute Gasteiger partial charge is 0.456 e. The minimum Gasteiger partial charge on any atom is -0.456 e. The lowest BCUT2D eigenvalue weighted by atomic mass is 9.97. The van der Waals surface area contributed by atoms with Crippen LogP contribution >= 0.6 is 15.9 Å². The Labute approximate surface area is 166 Å². The molecule has 1 aromatic heterocycles. The van der Waals surface area contributed by atoms with E-state index >= 15 is 0 Å². The predicted octanol–water partition coefficient (Wildman–Crippen LogP) is 7.99. The van der Waals surface area contributed by atoms with Gasteiger partial charge in [-0.05, 0) is 59.0 Å². The lowest BCUT2D eigenvalue weighted by Gasteiger charge is -2.08. The van der Waals surface area contributed by atoms with Gasteiger partial charge in [0.2, 0.25) is 0 Å². The zero-order valence-electron chi connectivity index (χ0n) is 14.9. The van der Waals surface area contributed by atoms with Crippen molar-refractivity contribution in [2.75, 3.05) is 0 Å². The van der Waals surface area contributed by atoms with Gasteiger partial charge in [0, 0.05) is 15.2 Å². The fraction of sp³-hybridized carbons (Fsp3) is 0.0400. The van der Waals surface area contributed by atoms with Gasteiger partial charge in [0.05, 0.1) is 0 Å². The molecule has 0 unspecified atom stereocenters. The second-order valence-corrected chi connectivity index (χ2v) is 7.67. The van der Waals surface area contributed by atoms with E-state index in [0.29, 0.717) is 0 Å². The minimum absolute atomic E-state index is 0.909. The Kier molecular flexibility index (Phi) is 3.87. The highest BCUT2D eigenvalue weighted by Crippen LogP contribution is 2.36. The summed E-state index contributed by atoms with van der Waals surface area (Å²) in [5, 5.41) is 2.27. The average molecular weight is 413 g/mol. The van der Waals surface area contributed by atoms with Crippen LogP contribution in [0.2, 0.25) is 0 Å². The van der Waals surface area contributed by atoms with Crippen molar-refractivity contribution in [3.8, 4) is 22.3 Å². The molecule has 0 fully saturated rings. The maximum absolute atomic E-state index is 5.98. The van der Waals surface area contributed by atoms with Crippen LogP contribution in [0.5, 0.6) is 0 Å². The van der Waals surface area contributed by atoms with E-state index in [0.717, 1.165) is 26.4 Å². The smallest absolute Gasteiger partial charge is 0.136 e. The van der Waals surface area contributed by atoms with E-state index in [4.69, 9.17) is 4.42 Å². The topological polar surface area (TPSA) is 13.1 Å². The number of hydrogen-bond acceptors (Lipinski definition) is 1. The van der Waals surface area contributed by atoms with E-state index in [1.807, 2.05) is 12.1 Å². The van der Waals surface area contributed by atoms with Crippen LogP contribution < -0.4 is 0 Å².